The van der Waals surface area contributed by atoms with Crippen molar-refractivity contribution in [2.24, 2.45) is 0 Å². The van der Waals surface area contributed by atoms with Gasteiger partial charge in [-0.1, -0.05) is 23.2 Å². The Bertz CT molecular complexity index is 421. The fourth-order valence-electron chi connectivity index (χ4n) is 1.19. The monoisotopic (exact) mass is 450 g/mol. The number of hydrogen-bond donors (Lipinski definition) is 0. The van der Waals surface area contributed by atoms with Crippen molar-refractivity contribution in [1.29, 1.82) is 0 Å². The van der Waals surface area contributed by atoms with Crippen LogP contribution in [0.2, 0.25) is 10.0 Å². The van der Waals surface area contributed by atoms with E-state index >= 15 is 0 Å². The normalized spacial score (nSPS) is 9.05. The molecule has 1 aromatic carbocycles. The Hall–Kier alpha value is 0.824. The smallest absolute Gasteiger partial charge is 0.343 e. The molecule has 0 saturated carbocycles. The number of rotatable bonds is 5. The molecule has 105 valence electrons. The van der Waals surface area contributed by atoms with Gasteiger partial charge in [-0.3, -0.25) is 9.39 Å². The molecule has 0 saturated heterocycles. The Kier molecular flexibility index (Phi) is 13.4. The van der Waals surface area contributed by atoms with Crippen LogP contribution in [-0.2, 0) is 4.74 Å². The Morgan fingerprint density at radius 3 is 2.47 bits per heavy atom. The molecule has 1 atom stereocenters. The van der Waals surface area contributed by atoms with Crippen LogP contribution in [0.5, 0.6) is 5.75 Å². The van der Waals surface area contributed by atoms with Crippen LogP contribution in [0.15, 0.2) is 12.1 Å². The summed E-state index contributed by atoms with van der Waals surface area (Å²) < 4.78 is 10.0. The summed E-state index contributed by atoms with van der Waals surface area (Å²) in [4.78, 5) is 11.8. The van der Waals surface area contributed by atoms with Crippen molar-refractivity contribution in [3.05, 3.63) is 40.3 Å². The molecule has 0 fully saturated rings. The van der Waals surface area contributed by atoms with E-state index in [0.717, 1.165) is 0 Å². The molecule has 8 heteroatoms. The van der Waals surface area contributed by atoms with Gasteiger partial charge < -0.3 is 22.0 Å². The van der Waals surface area contributed by atoms with E-state index in [9.17, 15) is 4.79 Å². The number of carbonyl (C=O) groups excluding carboxylic acids is 1. The summed E-state index contributed by atoms with van der Waals surface area (Å²) in [5.41, 5.74) is 0.130. The fraction of sp³-hybridized carbons (Fsp3) is 0.273. The van der Waals surface area contributed by atoms with Crippen LogP contribution in [-0.4, -0.2) is 26.2 Å². The number of esters is 1. The Balaban J connectivity index is 0. The van der Waals surface area contributed by atoms with Crippen LogP contribution in [0.3, 0.4) is 0 Å². The molecule has 0 N–H and O–H groups in total. The summed E-state index contributed by atoms with van der Waals surface area (Å²) in [5.74, 6) is -0.366. The van der Waals surface area contributed by atoms with E-state index in [1.165, 1.54) is 13.2 Å². The molecule has 0 amide bonds. The maximum atomic E-state index is 11.8. The van der Waals surface area contributed by atoms with Gasteiger partial charge in [-0.2, -0.15) is 0 Å². The first-order valence-electron chi connectivity index (χ1n) is 4.67. The average molecular weight is 451 g/mol. The third kappa shape index (κ3) is 6.41. The first kappa shape index (κ1) is 22.1. The second-order valence-electron chi connectivity index (χ2n) is 2.98. The number of ether oxygens (including phenoxy) is 2. The fourth-order valence-corrected chi connectivity index (χ4v) is 1.75. The van der Waals surface area contributed by atoms with Crippen LogP contribution < -0.4 is 4.74 Å². The van der Waals surface area contributed by atoms with Crippen LogP contribution >= 0.6 is 32.6 Å². The number of nitrogens with zero attached hydrogens (tertiary/aromatic N) is 1. The zero-order chi connectivity index (χ0) is 12.8. The molecule has 0 aliphatic carbocycles. The van der Waals surface area contributed by atoms with Crippen LogP contribution in [0.4, 0.5) is 0 Å². The molecule has 0 heterocycles. The van der Waals surface area contributed by atoms with Gasteiger partial charge in [0.05, 0.1) is 23.8 Å². The van der Waals surface area contributed by atoms with Gasteiger partial charge in [-0.25, -0.2) is 4.79 Å². The van der Waals surface area contributed by atoms with E-state index in [2.05, 4.69) is 14.5 Å². The summed E-state index contributed by atoms with van der Waals surface area (Å²) in [6.07, 6.45) is 0. The molecule has 1 radical (unpaired) electrons. The molecule has 0 bridgehead atoms. The first-order chi connectivity index (χ1) is 8.11. The quantitative estimate of drug-likeness (QED) is 0.297. The number of carbonyl (C=O) groups is 1. The Labute approximate surface area is 159 Å². The first-order valence-corrected chi connectivity index (χ1v) is 5.94. The van der Waals surface area contributed by atoms with Gasteiger partial charge in [0.2, 0.25) is 0 Å². The van der Waals surface area contributed by atoms with Crippen molar-refractivity contribution in [2.45, 2.75) is 0 Å². The molecular weight excluding hydrogens is 437 g/mol. The number of benzene rings is 1. The number of halogens is 2. The van der Waals surface area contributed by atoms with Crippen molar-refractivity contribution in [3.8, 4) is 5.75 Å². The van der Waals surface area contributed by atoms with Gasteiger partial charge in [-0.15, -0.1) is 6.54 Å². The average Bonchev–Trinajstić information content (AvgIpc) is 2.31. The van der Waals surface area contributed by atoms with Crippen LogP contribution in [0.1, 0.15) is 10.4 Å². The van der Waals surface area contributed by atoms with Gasteiger partial charge >= 0.3 is 5.97 Å². The minimum absolute atomic E-state index is 0. The minimum Gasteiger partial charge on any atom is -0.639 e. The SMILES string of the molecule is COc1c(Cl)ccc(Cl)c1C(=O)OCC[N-]P.[CH3-].[Pr]. The van der Waals surface area contributed by atoms with Crippen molar-refractivity contribution >= 4 is 38.6 Å². The topological polar surface area (TPSA) is 49.6 Å². The van der Waals surface area contributed by atoms with E-state index in [1.807, 2.05) is 0 Å². The molecule has 1 unspecified atom stereocenters. The van der Waals surface area contributed by atoms with Crippen molar-refractivity contribution in [2.75, 3.05) is 20.3 Å². The molecular formula is C11H14Cl2NO3PPr-2. The van der Waals surface area contributed by atoms with E-state index in [-0.39, 0.29) is 71.7 Å². The molecule has 19 heavy (non-hydrogen) atoms. The van der Waals surface area contributed by atoms with Gasteiger partial charge in [0.25, 0.3) is 0 Å². The van der Waals surface area contributed by atoms with Crippen LogP contribution in [0, 0.1) is 48.7 Å². The van der Waals surface area contributed by atoms with E-state index in [4.69, 9.17) is 32.7 Å². The predicted octanol–water partition coefficient (Wildman–Crippen LogP) is 3.77. The molecule has 0 aromatic heterocycles. The summed E-state index contributed by atoms with van der Waals surface area (Å²) in [6.45, 7) is 0.575. The molecule has 1 rings (SSSR count). The van der Waals surface area contributed by atoms with Crippen LogP contribution in [0.25, 0.3) is 5.09 Å². The van der Waals surface area contributed by atoms with Gasteiger partial charge in [0, 0.05) is 41.3 Å². The zero-order valence-corrected chi connectivity index (χ0v) is 17.0. The third-order valence-electron chi connectivity index (χ3n) is 1.92. The molecule has 0 aliphatic rings. The number of hydrogen-bond acceptors (Lipinski definition) is 3. The van der Waals surface area contributed by atoms with Gasteiger partial charge in [-0.05, 0) is 12.1 Å². The third-order valence-corrected chi connectivity index (χ3v) is 2.79. The van der Waals surface area contributed by atoms with Gasteiger partial charge in [0.15, 0.2) is 5.75 Å². The maximum absolute atomic E-state index is 11.8. The Morgan fingerprint density at radius 1 is 1.37 bits per heavy atom. The summed E-state index contributed by atoms with van der Waals surface area (Å²) in [5, 5.41) is 4.27. The summed E-state index contributed by atoms with van der Waals surface area (Å²) in [6, 6.07) is 3.07. The molecule has 1 aromatic rings. The van der Waals surface area contributed by atoms with E-state index in [0.29, 0.717) is 11.6 Å². The summed E-state index contributed by atoms with van der Waals surface area (Å²) in [7, 11) is 3.60. The zero-order valence-electron chi connectivity index (χ0n) is 10.7. The predicted molar refractivity (Wildman–Crippen MR) is 77.6 cm³/mol. The number of methoxy groups -OCH3 is 1. The Morgan fingerprint density at radius 2 is 1.95 bits per heavy atom. The standard InChI is InChI=1S/C10H11Cl2NO3P.CH3.Pr/c1-15-9-7(12)3-2-6(11)8(9)10(14)16-5-4-13-17;;/h2-3H,4-5,17H2,1H3;1H3;/q2*-1;. The summed E-state index contributed by atoms with van der Waals surface area (Å²) >= 11 is 11.8. The second kappa shape index (κ2) is 11.5. The van der Waals surface area contributed by atoms with Crippen molar-refractivity contribution in [3.63, 3.8) is 0 Å². The van der Waals surface area contributed by atoms with Crippen molar-refractivity contribution < 1.29 is 55.6 Å². The van der Waals surface area contributed by atoms with Gasteiger partial charge in [0.1, 0.15) is 5.56 Å². The molecule has 0 spiro atoms. The van der Waals surface area contributed by atoms with E-state index in [1.54, 1.807) is 6.07 Å². The maximum Gasteiger partial charge on any atom is 0.343 e. The molecule has 4 nitrogen and oxygen atoms in total. The molecule has 0 aliphatic heterocycles. The second-order valence-corrected chi connectivity index (χ2v) is 4.16. The van der Waals surface area contributed by atoms with Crippen molar-refractivity contribution in [1.82, 2.24) is 0 Å². The van der Waals surface area contributed by atoms with E-state index < -0.39 is 5.97 Å². The largest absolute Gasteiger partial charge is 0.639 e. The minimum atomic E-state index is -0.581.